The van der Waals surface area contributed by atoms with E-state index < -0.39 is 6.04 Å². The van der Waals surface area contributed by atoms with Crippen molar-refractivity contribution in [1.29, 1.82) is 0 Å². The van der Waals surface area contributed by atoms with Crippen molar-refractivity contribution in [2.75, 3.05) is 18.4 Å². The fourth-order valence-corrected chi connectivity index (χ4v) is 4.37. The van der Waals surface area contributed by atoms with Crippen molar-refractivity contribution in [2.45, 2.75) is 44.3 Å². The second kappa shape index (κ2) is 8.71. The van der Waals surface area contributed by atoms with E-state index in [0.717, 1.165) is 31.4 Å². The predicted octanol–water partition coefficient (Wildman–Crippen LogP) is 1.97. The van der Waals surface area contributed by atoms with Gasteiger partial charge in [-0.15, -0.1) is 0 Å². The molecule has 30 heavy (non-hydrogen) atoms. The lowest BCUT2D eigenvalue weighted by Crippen LogP contribution is -2.43. The van der Waals surface area contributed by atoms with E-state index >= 15 is 0 Å². The Bertz CT molecular complexity index is 927. The van der Waals surface area contributed by atoms with Crippen molar-refractivity contribution in [3.05, 3.63) is 54.0 Å². The summed E-state index contributed by atoms with van der Waals surface area (Å²) in [5.74, 6) is -0.524. The summed E-state index contributed by atoms with van der Waals surface area (Å²) < 4.78 is 5.20. The molecular formula is C22H26N4O4. The maximum atomic E-state index is 12.9. The van der Waals surface area contributed by atoms with Crippen LogP contribution in [0.5, 0.6) is 0 Å². The van der Waals surface area contributed by atoms with Crippen molar-refractivity contribution in [2.24, 2.45) is 5.73 Å². The molecule has 1 aromatic heterocycles. The predicted molar refractivity (Wildman–Crippen MR) is 110 cm³/mol. The van der Waals surface area contributed by atoms with Crippen LogP contribution in [0, 0.1) is 0 Å². The zero-order valence-corrected chi connectivity index (χ0v) is 16.8. The Hall–Kier alpha value is -3.13. The number of nitrogens with zero attached hydrogens (tertiary/aromatic N) is 2. The number of nitrogens with one attached hydrogen (secondary N) is 1. The van der Waals surface area contributed by atoms with Gasteiger partial charge in [-0.1, -0.05) is 12.1 Å². The van der Waals surface area contributed by atoms with Gasteiger partial charge in [-0.3, -0.25) is 19.3 Å². The summed E-state index contributed by atoms with van der Waals surface area (Å²) in [6.07, 6.45) is 4.57. The van der Waals surface area contributed by atoms with E-state index in [1.165, 1.54) is 6.26 Å². The lowest BCUT2D eigenvalue weighted by molar-refractivity contribution is -0.122. The molecule has 2 atom stereocenters. The first-order valence-electron chi connectivity index (χ1n) is 10.3. The number of carbonyl (C=O) groups is 3. The third-order valence-corrected chi connectivity index (χ3v) is 5.82. The highest BCUT2D eigenvalue weighted by Gasteiger charge is 2.35. The zero-order valence-electron chi connectivity index (χ0n) is 16.8. The van der Waals surface area contributed by atoms with Gasteiger partial charge in [0.1, 0.15) is 6.04 Å². The minimum atomic E-state index is -0.524. The van der Waals surface area contributed by atoms with Gasteiger partial charge in [0, 0.05) is 18.8 Å². The van der Waals surface area contributed by atoms with Gasteiger partial charge >= 0.3 is 0 Å². The number of carbonyl (C=O) groups excluding carboxylic acids is 3. The maximum Gasteiger partial charge on any atom is 0.290 e. The van der Waals surface area contributed by atoms with Gasteiger partial charge < -0.3 is 20.4 Å². The number of nitrogens with two attached hydrogens (primary N) is 1. The number of likely N-dealkylation sites (tertiary alicyclic amines) is 2. The lowest BCUT2D eigenvalue weighted by atomic mass is 10.1. The minimum absolute atomic E-state index is 0.208. The second-order valence-corrected chi connectivity index (χ2v) is 7.85. The van der Waals surface area contributed by atoms with Crippen molar-refractivity contribution in [3.63, 3.8) is 0 Å². The summed E-state index contributed by atoms with van der Waals surface area (Å²) in [6.45, 7) is 1.96. The Balaban J connectivity index is 1.41. The highest BCUT2D eigenvalue weighted by atomic mass is 16.3. The molecule has 0 bridgehead atoms. The molecule has 0 radical (unpaired) electrons. The Kier molecular flexibility index (Phi) is 5.85. The molecule has 8 nitrogen and oxygen atoms in total. The van der Waals surface area contributed by atoms with Crippen LogP contribution < -0.4 is 11.1 Å². The van der Waals surface area contributed by atoms with Crippen molar-refractivity contribution >= 4 is 23.4 Å². The SMILES string of the molecule is NC(=O)C1CCCN1Cc1cccc(NC(=O)[C@@H]2CCCN2C(=O)c2ccco2)c1. The van der Waals surface area contributed by atoms with Crippen LogP contribution in [-0.2, 0) is 16.1 Å². The molecular weight excluding hydrogens is 384 g/mol. The van der Waals surface area contributed by atoms with E-state index in [9.17, 15) is 14.4 Å². The molecule has 0 saturated carbocycles. The van der Waals surface area contributed by atoms with Crippen molar-refractivity contribution < 1.29 is 18.8 Å². The van der Waals surface area contributed by atoms with Crippen LogP contribution in [0.3, 0.4) is 0 Å². The zero-order chi connectivity index (χ0) is 21.1. The van der Waals surface area contributed by atoms with E-state index in [0.29, 0.717) is 25.2 Å². The molecule has 8 heteroatoms. The second-order valence-electron chi connectivity index (χ2n) is 7.85. The number of hydrogen-bond donors (Lipinski definition) is 2. The molecule has 3 amide bonds. The molecule has 2 saturated heterocycles. The van der Waals surface area contributed by atoms with Crippen LogP contribution in [-0.4, -0.2) is 52.7 Å². The van der Waals surface area contributed by atoms with Crippen LogP contribution in [0.25, 0.3) is 0 Å². The number of amides is 3. The molecule has 0 aliphatic carbocycles. The van der Waals surface area contributed by atoms with Gasteiger partial charge in [-0.2, -0.15) is 0 Å². The summed E-state index contributed by atoms with van der Waals surface area (Å²) >= 11 is 0. The monoisotopic (exact) mass is 410 g/mol. The van der Waals surface area contributed by atoms with Gasteiger partial charge in [-0.05, 0) is 62.1 Å². The Morgan fingerprint density at radius 3 is 2.63 bits per heavy atom. The average Bonchev–Trinajstić information content (AvgIpc) is 3.48. The first-order valence-corrected chi connectivity index (χ1v) is 10.3. The van der Waals surface area contributed by atoms with Crippen LogP contribution >= 0.6 is 0 Å². The number of primary amides is 1. The molecule has 4 rings (SSSR count). The van der Waals surface area contributed by atoms with E-state index in [2.05, 4.69) is 10.2 Å². The Morgan fingerprint density at radius 2 is 1.87 bits per heavy atom. The van der Waals surface area contributed by atoms with Crippen LogP contribution in [0.15, 0.2) is 47.1 Å². The van der Waals surface area contributed by atoms with Crippen LogP contribution in [0.2, 0.25) is 0 Å². The molecule has 3 heterocycles. The van der Waals surface area contributed by atoms with Gasteiger partial charge in [-0.25, -0.2) is 0 Å². The molecule has 158 valence electrons. The average molecular weight is 410 g/mol. The van der Waals surface area contributed by atoms with E-state index in [-0.39, 0.29) is 29.5 Å². The fraction of sp³-hybridized carbons (Fsp3) is 0.409. The maximum absolute atomic E-state index is 12.9. The molecule has 2 fully saturated rings. The normalized spacial score (nSPS) is 21.7. The number of hydrogen-bond acceptors (Lipinski definition) is 5. The molecule has 2 aliphatic heterocycles. The molecule has 1 unspecified atom stereocenters. The van der Waals surface area contributed by atoms with Crippen molar-refractivity contribution in [1.82, 2.24) is 9.80 Å². The summed E-state index contributed by atoms with van der Waals surface area (Å²) in [7, 11) is 0. The molecule has 2 aliphatic rings. The third-order valence-electron chi connectivity index (χ3n) is 5.82. The minimum Gasteiger partial charge on any atom is -0.459 e. The number of anilines is 1. The largest absolute Gasteiger partial charge is 0.459 e. The standard InChI is InChI=1S/C22H26N4O4/c23-20(27)17-7-2-10-25(17)14-15-5-1-6-16(13-15)24-21(28)18-8-3-11-26(18)22(29)19-9-4-12-30-19/h1,4-6,9,12-13,17-18H,2-3,7-8,10-11,14H2,(H2,23,27)(H,24,28)/t17?,18-/m0/s1. The Labute approximate surface area is 175 Å². The summed E-state index contributed by atoms with van der Waals surface area (Å²) in [6, 6.07) is 10.1. The Morgan fingerprint density at radius 1 is 1.07 bits per heavy atom. The first-order chi connectivity index (χ1) is 14.5. The quantitative estimate of drug-likeness (QED) is 0.757. The van der Waals surface area contributed by atoms with Crippen molar-refractivity contribution in [3.8, 4) is 0 Å². The molecule has 2 aromatic rings. The smallest absolute Gasteiger partial charge is 0.290 e. The summed E-state index contributed by atoms with van der Waals surface area (Å²) in [5, 5.41) is 2.94. The summed E-state index contributed by atoms with van der Waals surface area (Å²) in [4.78, 5) is 40.8. The van der Waals surface area contributed by atoms with Crippen LogP contribution in [0.4, 0.5) is 5.69 Å². The van der Waals surface area contributed by atoms with E-state index in [1.807, 2.05) is 24.3 Å². The van der Waals surface area contributed by atoms with E-state index in [4.69, 9.17) is 10.2 Å². The molecule has 1 aromatic carbocycles. The topological polar surface area (TPSA) is 109 Å². The van der Waals surface area contributed by atoms with Crippen LogP contribution in [0.1, 0.15) is 41.8 Å². The number of benzene rings is 1. The number of furan rings is 1. The lowest BCUT2D eigenvalue weighted by Gasteiger charge is -2.24. The fourth-order valence-electron chi connectivity index (χ4n) is 4.37. The number of rotatable bonds is 6. The highest BCUT2D eigenvalue weighted by Crippen LogP contribution is 2.24. The highest BCUT2D eigenvalue weighted by molar-refractivity contribution is 6.00. The van der Waals surface area contributed by atoms with E-state index in [1.54, 1.807) is 17.0 Å². The summed E-state index contributed by atoms with van der Waals surface area (Å²) in [5.41, 5.74) is 7.17. The first kappa shape index (κ1) is 20.2. The van der Waals surface area contributed by atoms with Gasteiger partial charge in [0.2, 0.25) is 11.8 Å². The molecule has 0 spiro atoms. The van der Waals surface area contributed by atoms with Gasteiger partial charge in [0.25, 0.3) is 5.91 Å². The van der Waals surface area contributed by atoms with Gasteiger partial charge in [0.05, 0.1) is 12.3 Å². The third kappa shape index (κ3) is 4.23. The molecule has 3 N–H and O–H groups in total. The van der Waals surface area contributed by atoms with Gasteiger partial charge in [0.15, 0.2) is 5.76 Å².